The Hall–Kier alpha value is -1.80. The maximum Gasteiger partial charge on any atom is 0.123 e. The predicted octanol–water partition coefficient (Wildman–Crippen LogP) is 4.55. The van der Waals surface area contributed by atoms with Gasteiger partial charge in [-0.15, -0.1) is 0 Å². The molecule has 2 aromatic rings. The van der Waals surface area contributed by atoms with Crippen molar-refractivity contribution < 1.29 is 4.74 Å². The summed E-state index contributed by atoms with van der Waals surface area (Å²) in [7, 11) is 1.73. The largest absolute Gasteiger partial charge is 0.496 e. The Balaban J connectivity index is 2.12. The highest BCUT2D eigenvalue weighted by atomic mass is 16.5. The fourth-order valence-electron chi connectivity index (χ4n) is 2.84. The Bertz CT molecular complexity index is 572. The lowest BCUT2D eigenvalue weighted by Crippen LogP contribution is -2.21. The summed E-state index contributed by atoms with van der Waals surface area (Å²) in [6, 6.07) is 15.3. The van der Waals surface area contributed by atoms with Crippen LogP contribution in [-0.2, 0) is 6.54 Å². The molecule has 0 spiro atoms. The minimum Gasteiger partial charge on any atom is -0.496 e. The van der Waals surface area contributed by atoms with Crippen LogP contribution in [0.25, 0.3) is 0 Å². The van der Waals surface area contributed by atoms with Crippen LogP contribution >= 0.6 is 0 Å². The van der Waals surface area contributed by atoms with E-state index in [0.29, 0.717) is 6.04 Å². The van der Waals surface area contributed by atoms with Crippen LogP contribution in [0.5, 0.6) is 5.75 Å². The van der Waals surface area contributed by atoms with Crippen molar-refractivity contribution in [3.8, 4) is 5.75 Å². The van der Waals surface area contributed by atoms with Gasteiger partial charge >= 0.3 is 0 Å². The summed E-state index contributed by atoms with van der Waals surface area (Å²) < 4.78 is 5.48. The second-order valence-corrected chi connectivity index (χ2v) is 5.58. The molecule has 0 fully saturated rings. The Kier molecular flexibility index (Phi) is 5.40. The van der Waals surface area contributed by atoms with Gasteiger partial charge in [0.2, 0.25) is 0 Å². The van der Waals surface area contributed by atoms with Gasteiger partial charge in [-0.3, -0.25) is 0 Å². The zero-order chi connectivity index (χ0) is 15.2. The quantitative estimate of drug-likeness (QED) is 0.839. The van der Waals surface area contributed by atoms with E-state index in [0.717, 1.165) is 18.7 Å². The zero-order valence-electron chi connectivity index (χ0n) is 13.4. The molecule has 0 aromatic heterocycles. The van der Waals surface area contributed by atoms with Crippen LogP contribution in [0.4, 0.5) is 0 Å². The number of nitrogens with one attached hydrogen (secondary N) is 1. The lowest BCUT2D eigenvalue weighted by molar-refractivity contribution is 0.396. The van der Waals surface area contributed by atoms with E-state index in [4.69, 9.17) is 4.74 Å². The van der Waals surface area contributed by atoms with E-state index < -0.39 is 0 Å². The monoisotopic (exact) mass is 283 g/mol. The first-order chi connectivity index (χ1) is 10.1. The average Bonchev–Trinajstić information content (AvgIpc) is 2.47. The number of rotatable bonds is 6. The molecular weight excluding hydrogens is 258 g/mol. The van der Waals surface area contributed by atoms with Crippen LogP contribution in [0, 0.1) is 13.8 Å². The maximum absolute atomic E-state index is 5.48. The predicted molar refractivity (Wildman–Crippen MR) is 88.8 cm³/mol. The molecule has 0 radical (unpaired) electrons. The summed E-state index contributed by atoms with van der Waals surface area (Å²) in [5.41, 5.74) is 5.20. The van der Waals surface area contributed by atoms with E-state index in [1.165, 1.54) is 22.3 Å². The van der Waals surface area contributed by atoms with Gasteiger partial charge in [0.25, 0.3) is 0 Å². The third kappa shape index (κ3) is 4.08. The normalized spacial score (nSPS) is 12.2. The van der Waals surface area contributed by atoms with Crippen molar-refractivity contribution in [1.29, 1.82) is 0 Å². The first-order valence-corrected chi connectivity index (χ1v) is 7.57. The number of hydrogen-bond donors (Lipinski definition) is 1. The van der Waals surface area contributed by atoms with Crippen molar-refractivity contribution >= 4 is 0 Å². The molecule has 2 nitrogen and oxygen atoms in total. The Morgan fingerprint density at radius 1 is 1.05 bits per heavy atom. The van der Waals surface area contributed by atoms with Crippen molar-refractivity contribution in [2.24, 2.45) is 0 Å². The van der Waals surface area contributed by atoms with E-state index in [2.05, 4.69) is 56.4 Å². The third-order valence-electron chi connectivity index (χ3n) is 3.76. The molecule has 0 aliphatic rings. The van der Waals surface area contributed by atoms with E-state index in [1.54, 1.807) is 7.11 Å². The molecule has 112 valence electrons. The van der Waals surface area contributed by atoms with Crippen molar-refractivity contribution in [2.45, 2.75) is 39.8 Å². The first kappa shape index (κ1) is 15.6. The molecule has 0 heterocycles. The van der Waals surface area contributed by atoms with Gasteiger partial charge in [0, 0.05) is 18.2 Å². The second-order valence-electron chi connectivity index (χ2n) is 5.58. The summed E-state index contributed by atoms with van der Waals surface area (Å²) in [6.07, 6.45) is 1.03. The molecule has 2 aromatic carbocycles. The molecule has 0 saturated heterocycles. The van der Waals surface area contributed by atoms with Crippen LogP contribution in [0.15, 0.2) is 42.5 Å². The lowest BCUT2D eigenvalue weighted by atomic mass is 10.0. The van der Waals surface area contributed by atoms with Gasteiger partial charge in [0.15, 0.2) is 0 Å². The summed E-state index contributed by atoms with van der Waals surface area (Å²) >= 11 is 0. The molecule has 0 amide bonds. The van der Waals surface area contributed by atoms with Gasteiger partial charge in [0.1, 0.15) is 5.75 Å². The van der Waals surface area contributed by atoms with Gasteiger partial charge in [-0.25, -0.2) is 0 Å². The number of methoxy groups -OCH3 is 1. The van der Waals surface area contributed by atoms with E-state index in [-0.39, 0.29) is 0 Å². The fourth-order valence-corrected chi connectivity index (χ4v) is 2.84. The molecule has 0 bridgehead atoms. The zero-order valence-corrected chi connectivity index (χ0v) is 13.4. The number of aryl methyl sites for hydroxylation is 2. The van der Waals surface area contributed by atoms with Crippen LogP contribution < -0.4 is 10.1 Å². The van der Waals surface area contributed by atoms with Crippen molar-refractivity contribution in [3.05, 3.63) is 64.7 Å². The Labute approximate surface area is 128 Å². The number of para-hydroxylation sites is 1. The van der Waals surface area contributed by atoms with Crippen molar-refractivity contribution in [2.75, 3.05) is 7.11 Å². The summed E-state index contributed by atoms with van der Waals surface area (Å²) in [6.45, 7) is 7.37. The molecule has 0 saturated carbocycles. The highest BCUT2D eigenvalue weighted by Crippen LogP contribution is 2.27. The summed E-state index contributed by atoms with van der Waals surface area (Å²) in [4.78, 5) is 0. The van der Waals surface area contributed by atoms with Gasteiger partial charge in [-0.1, -0.05) is 54.4 Å². The van der Waals surface area contributed by atoms with Gasteiger partial charge in [0.05, 0.1) is 7.11 Å². The van der Waals surface area contributed by atoms with E-state index in [9.17, 15) is 0 Å². The molecule has 1 unspecified atom stereocenters. The second kappa shape index (κ2) is 7.28. The molecule has 2 heteroatoms. The van der Waals surface area contributed by atoms with Gasteiger partial charge in [-0.2, -0.15) is 0 Å². The lowest BCUT2D eigenvalue weighted by Gasteiger charge is -2.20. The van der Waals surface area contributed by atoms with Crippen LogP contribution in [-0.4, -0.2) is 7.11 Å². The number of ether oxygens (including phenoxy) is 1. The van der Waals surface area contributed by atoms with Crippen LogP contribution in [0.2, 0.25) is 0 Å². The number of hydrogen-bond acceptors (Lipinski definition) is 2. The van der Waals surface area contributed by atoms with Gasteiger partial charge < -0.3 is 10.1 Å². The smallest absolute Gasteiger partial charge is 0.123 e. The molecule has 2 rings (SSSR count). The molecule has 1 atom stereocenters. The summed E-state index contributed by atoms with van der Waals surface area (Å²) in [5, 5.41) is 3.65. The van der Waals surface area contributed by atoms with Crippen molar-refractivity contribution in [1.82, 2.24) is 5.32 Å². The first-order valence-electron chi connectivity index (χ1n) is 7.57. The maximum atomic E-state index is 5.48. The molecular formula is C19H25NO. The molecule has 0 aliphatic heterocycles. The molecule has 1 N–H and O–H groups in total. The Morgan fingerprint density at radius 3 is 2.33 bits per heavy atom. The average molecular weight is 283 g/mol. The van der Waals surface area contributed by atoms with Gasteiger partial charge in [-0.05, 0) is 31.9 Å². The van der Waals surface area contributed by atoms with E-state index in [1.807, 2.05) is 12.1 Å². The number of benzene rings is 2. The van der Waals surface area contributed by atoms with E-state index >= 15 is 0 Å². The highest BCUT2D eigenvalue weighted by Gasteiger charge is 2.13. The third-order valence-corrected chi connectivity index (χ3v) is 3.76. The topological polar surface area (TPSA) is 21.3 Å². The molecule has 21 heavy (non-hydrogen) atoms. The summed E-state index contributed by atoms with van der Waals surface area (Å²) in [5.74, 6) is 0.956. The fraction of sp³-hybridized carbons (Fsp3) is 0.368. The minimum absolute atomic E-state index is 0.307. The van der Waals surface area contributed by atoms with Crippen molar-refractivity contribution in [3.63, 3.8) is 0 Å². The van der Waals surface area contributed by atoms with Crippen LogP contribution in [0.3, 0.4) is 0 Å². The Morgan fingerprint density at radius 2 is 1.71 bits per heavy atom. The highest BCUT2D eigenvalue weighted by molar-refractivity contribution is 5.36. The SMILES string of the molecule is CCC(NCc1cc(C)cc(C)c1)c1ccccc1OC. The van der Waals surface area contributed by atoms with Crippen LogP contribution in [0.1, 0.15) is 41.6 Å². The minimum atomic E-state index is 0.307. The standard InChI is InChI=1S/C19H25NO/c1-5-18(17-8-6-7-9-19(17)21-4)20-13-16-11-14(2)10-15(3)12-16/h6-12,18,20H,5,13H2,1-4H3. The molecule has 0 aliphatic carbocycles.